The highest BCUT2D eigenvalue weighted by atomic mass is 35.5. The summed E-state index contributed by atoms with van der Waals surface area (Å²) in [6.07, 6.45) is 3.03. The molecular formula is C31H33ClN4O6S. The fourth-order valence-electron chi connectivity index (χ4n) is 4.85. The van der Waals surface area contributed by atoms with Crippen LogP contribution in [0.25, 0.3) is 16.9 Å². The third-order valence-electron chi connectivity index (χ3n) is 7.15. The zero-order valence-electron chi connectivity index (χ0n) is 24.1. The molecule has 1 aliphatic heterocycles. The third-order valence-corrected chi connectivity index (χ3v) is 9.23. The summed E-state index contributed by atoms with van der Waals surface area (Å²) >= 11 is 6.09. The second kappa shape index (κ2) is 13.2. The lowest BCUT2D eigenvalue weighted by Crippen LogP contribution is -2.42. The monoisotopic (exact) mass is 624 g/mol. The Morgan fingerprint density at radius 1 is 1.07 bits per heavy atom. The van der Waals surface area contributed by atoms with E-state index in [0.29, 0.717) is 34.5 Å². The van der Waals surface area contributed by atoms with E-state index in [1.807, 2.05) is 19.1 Å². The predicted molar refractivity (Wildman–Crippen MR) is 165 cm³/mol. The standard InChI is InChI=1S/C31H33ClN4O6S/c1-21-6-13-26(14-7-21)43(38,39)35(18-25-5-4-16-42-25)20-30(37)34-31-33-27(22-8-10-23(32)11-9-22)19-36(31)24-12-15-28(40-2)29(17-24)41-3/h6-15,17,19,25H,4-5,16,18,20H2,1-3H3,(H,33,34,37)/t25-/m0/s1. The van der Waals surface area contributed by atoms with Gasteiger partial charge in [0, 0.05) is 36.0 Å². The van der Waals surface area contributed by atoms with Crippen LogP contribution in [0.1, 0.15) is 18.4 Å². The highest BCUT2D eigenvalue weighted by Crippen LogP contribution is 2.32. The van der Waals surface area contributed by atoms with Crippen molar-refractivity contribution in [3.8, 4) is 28.4 Å². The first-order valence-corrected chi connectivity index (χ1v) is 15.6. The molecule has 0 aliphatic carbocycles. The van der Waals surface area contributed by atoms with E-state index in [1.165, 1.54) is 11.4 Å². The SMILES string of the molecule is COc1ccc(-n2cc(-c3ccc(Cl)cc3)nc2NC(=O)CN(C[C@@H]2CCCO2)S(=O)(=O)c2ccc(C)cc2)cc1OC. The predicted octanol–water partition coefficient (Wildman–Crippen LogP) is 5.33. The second-order valence-corrected chi connectivity index (χ2v) is 12.5. The zero-order valence-corrected chi connectivity index (χ0v) is 25.7. The van der Waals surface area contributed by atoms with Gasteiger partial charge in [-0.05, 0) is 56.2 Å². The number of carbonyl (C=O) groups is 1. The van der Waals surface area contributed by atoms with Gasteiger partial charge in [-0.3, -0.25) is 14.7 Å². The van der Waals surface area contributed by atoms with Crippen LogP contribution >= 0.6 is 11.6 Å². The summed E-state index contributed by atoms with van der Waals surface area (Å²) in [4.78, 5) is 18.4. The molecule has 1 aliphatic rings. The fourth-order valence-corrected chi connectivity index (χ4v) is 6.40. The summed E-state index contributed by atoms with van der Waals surface area (Å²) in [7, 11) is -0.907. The molecule has 1 atom stereocenters. The van der Waals surface area contributed by atoms with Crippen molar-refractivity contribution >= 4 is 33.5 Å². The number of hydrogen-bond donors (Lipinski definition) is 1. The van der Waals surface area contributed by atoms with Gasteiger partial charge in [0.2, 0.25) is 21.9 Å². The Morgan fingerprint density at radius 3 is 2.44 bits per heavy atom. The molecule has 5 rings (SSSR count). The van der Waals surface area contributed by atoms with Crippen LogP contribution in [0.2, 0.25) is 5.02 Å². The molecule has 0 saturated carbocycles. The van der Waals surface area contributed by atoms with Crippen LogP contribution in [0, 0.1) is 6.92 Å². The number of nitrogens with one attached hydrogen (secondary N) is 1. The molecule has 43 heavy (non-hydrogen) atoms. The molecule has 0 spiro atoms. The van der Waals surface area contributed by atoms with Crippen LogP contribution < -0.4 is 14.8 Å². The molecule has 1 fully saturated rings. The molecule has 0 radical (unpaired) electrons. The lowest BCUT2D eigenvalue weighted by molar-refractivity contribution is -0.116. The summed E-state index contributed by atoms with van der Waals surface area (Å²) in [5.74, 6) is 0.683. The van der Waals surface area contributed by atoms with E-state index in [9.17, 15) is 13.2 Å². The summed E-state index contributed by atoms with van der Waals surface area (Å²) in [5, 5.41) is 3.41. The highest BCUT2D eigenvalue weighted by Gasteiger charge is 2.31. The van der Waals surface area contributed by atoms with Crippen LogP contribution in [-0.2, 0) is 19.6 Å². The summed E-state index contributed by atoms with van der Waals surface area (Å²) in [6.45, 7) is 2.08. The van der Waals surface area contributed by atoms with Crippen LogP contribution in [0.3, 0.4) is 0 Å². The maximum absolute atomic E-state index is 13.7. The number of sulfonamides is 1. The Hall–Kier alpha value is -3.90. The number of aryl methyl sites for hydroxylation is 1. The number of amides is 1. The molecule has 12 heteroatoms. The summed E-state index contributed by atoms with van der Waals surface area (Å²) in [5.41, 5.74) is 2.93. The molecule has 0 unspecified atom stereocenters. The Labute approximate surface area is 256 Å². The van der Waals surface area contributed by atoms with Gasteiger partial charge in [-0.15, -0.1) is 0 Å². The number of imidazole rings is 1. The van der Waals surface area contributed by atoms with E-state index in [-0.39, 0.29) is 23.5 Å². The number of benzene rings is 3. The highest BCUT2D eigenvalue weighted by molar-refractivity contribution is 7.89. The second-order valence-electron chi connectivity index (χ2n) is 10.2. The van der Waals surface area contributed by atoms with Crippen molar-refractivity contribution in [3.63, 3.8) is 0 Å². The van der Waals surface area contributed by atoms with Gasteiger partial charge in [0.15, 0.2) is 11.5 Å². The Morgan fingerprint density at radius 2 is 1.79 bits per heavy atom. The van der Waals surface area contributed by atoms with Crippen molar-refractivity contribution in [1.82, 2.24) is 13.9 Å². The Kier molecular flexibility index (Phi) is 9.36. The first kappa shape index (κ1) is 30.6. The van der Waals surface area contributed by atoms with Gasteiger partial charge in [-0.25, -0.2) is 13.4 Å². The average molecular weight is 625 g/mol. The van der Waals surface area contributed by atoms with Gasteiger partial charge in [0.25, 0.3) is 0 Å². The largest absolute Gasteiger partial charge is 0.493 e. The molecule has 226 valence electrons. The number of aromatic nitrogens is 2. The van der Waals surface area contributed by atoms with Crippen molar-refractivity contribution in [2.75, 3.05) is 39.2 Å². The Bertz CT molecular complexity index is 1680. The van der Waals surface area contributed by atoms with Gasteiger partial charge in [0.05, 0.1) is 43.1 Å². The number of nitrogens with zero attached hydrogens (tertiary/aromatic N) is 3. The van der Waals surface area contributed by atoms with Gasteiger partial charge in [-0.1, -0.05) is 41.4 Å². The third kappa shape index (κ3) is 7.02. The maximum Gasteiger partial charge on any atom is 0.243 e. The topological polar surface area (TPSA) is 112 Å². The normalized spacial score (nSPS) is 15.0. The molecule has 3 aromatic carbocycles. The van der Waals surface area contributed by atoms with Gasteiger partial charge < -0.3 is 14.2 Å². The van der Waals surface area contributed by atoms with Crippen LogP contribution in [0.4, 0.5) is 5.95 Å². The molecular weight excluding hydrogens is 592 g/mol. The van der Waals surface area contributed by atoms with E-state index < -0.39 is 22.5 Å². The van der Waals surface area contributed by atoms with Crippen molar-refractivity contribution in [1.29, 1.82) is 0 Å². The average Bonchev–Trinajstić information content (AvgIpc) is 3.67. The van der Waals surface area contributed by atoms with Crippen LogP contribution in [0.5, 0.6) is 11.5 Å². The van der Waals surface area contributed by atoms with Crippen molar-refractivity contribution in [2.24, 2.45) is 0 Å². The van der Waals surface area contributed by atoms with E-state index >= 15 is 0 Å². The van der Waals surface area contributed by atoms with Crippen molar-refractivity contribution in [3.05, 3.63) is 83.5 Å². The number of ether oxygens (including phenoxy) is 3. The van der Waals surface area contributed by atoms with Crippen LogP contribution in [-0.4, -0.2) is 68.2 Å². The molecule has 1 amide bonds. The van der Waals surface area contributed by atoms with Crippen molar-refractivity contribution < 1.29 is 27.4 Å². The summed E-state index contributed by atoms with van der Waals surface area (Å²) < 4.78 is 46.8. The minimum Gasteiger partial charge on any atom is -0.493 e. The number of rotatable bonds is 11. The van der Waals surface area contributed by atoms with E-state index in [0.717, 1.165) is 24.0 Å². The van der Waals surface area contributed by atoms with E-state index in [4.69, 9.17) is 25.8 Å². The first-order chi connectivity index (χ1) is 20.7. The molecule has 4 aromatic rings. The summed E-state index contributed by atoms with van der Waals surface area (Å²) in [6, 6.07) is 19.0. The van der Waals surface area contributed by atoms with Crippen molar-refractivity contribution in [2.45, 2.75) is 30.8 Å². The number of halogens is 1. The molecule has 1 aromatic heterocycles. The number of methoxy groups -OCH3 is 2. The first-order valence-electron chi connectivity index (χ1n) is 13.7. The number of anilines is 1. The number of hydrogen-bond acceptors (Lipinski definition) is 7. The minimum absolute atomic E-state index is 0.0593. The molecule has 0 bridgehead atoms. The Balaban J connectivity index is 1.48. The fraction of sp³-hybridized carbons (Fsp3) is 0.290. The van der Waals surface area contributed by atoms with Gasteiger partial charge >= 0.3 is 0 Å². The van der Waals surface area contributed by atoms with Gasteiger partial charge in [-0.2, -0.15) is 4.31 Å². The maximum atomic E-state index is 13.7. The smallest absolute Gasteiger partial charge is 0.243 e. The molecule has 2 heterocycles. The number of carbonyl (C=O) groups excluding carboxylic acids is 1. The van der Waals surface area contributed by atoms with Crippen LogP contribution in [0.15, 0.2) is 77.8 Å². The van der Waals surface area contributed by atoms with Gasteiger partial charge in [0.1, 0.15) is 0 Å². The zero-order chi connectivity index (χ0) is 30.6. The van der Waals surface area contributed by atoms with E-state index in [2.05, 4.69) is 10.3 Å². The minimum atomic E-state index is -3.99. The lowest BCUT2D eigenvalue weighted by atomic mass is 10.2. The molecule has 1 N–H and O–H groups in total. The lowest BCUT2D eigenvalue weighted by Gasteiger charge is -2.24. The molecule has 10 nitrogen and oxygen atoms in total. The van der Waals surface area contributed by atoms with E-state index in [1.54, 1.807) is 72.5 Å². The molecule has 1 saturated heterocycles. The quantitative estimate of drug-likeness (QED) is 0.240.